The molecule has 0 aromatic heterocycles. The number of benzene rings is 2. The number of hydrogen-bond donors (Lipinski definition) is 0. The Hall–Kier alpha value is -2.45. The lowest BCUT2D eigenvalue weighted by Crippen LogP contribution is -2.53. The van der Waals surface area contributed by atoms with Gasteiger partial charge in [-0.25, -0.2) is 12.8 Å². The molecule has 1 amide bonds. The molecule has 2 aromatic rings. The SMILES string of the molecule is Cc1cc(C)c(S(=O)(=O)N(CC(=O)N2CCN(c3ccc(F)cc3)CC2)C2CCCCC2)c(C)c1. The number of piperazine rings is 1. The lowest BCUT2D eigenvalue weighted by molar-refractivity contribution is -0.132. The first kappa shape index (κ1) is 25.6. The number of aryl methyl sites for hydroxylation is 3. The molecule has 6 nitrogen and oxygen atoms in total. The van der Waals surface area contributed by atoms with Crippen LogP contribution in [0.1, 0.15) is 48.8 Å². The van der Waals surface area contributed by atoms with E-state index in [0.717, 1.165) is 54.5 Å². The summed E-state index contributed by atoms with van der Waals surface area (Å²) in [5, 5.41) is 0. The van der Waals surface area contributed by atoms with E-state index in [4.69, 9.17) is 0 Å². The van der Waals surface area contributed by atoms with Crippen molar-refractivity contribution >= 4 is 21.6 Å². The van der Waals surface area contributed by atoms with Crippen LogP contribution in [0, 0.1) is 26.6 Å². The summed E-state index contributed by atoms with van der Waals surface area (Å²) in [6, 6.07) is 10.0. The van der Waals surface area contributed by atoms with Crippen molar-refractivity contribution in [1.29, 1.82) is 0 Å². The van der Waals surface area contributed by atoms with Gasteiger partial charge in [0.2, 0.25) is 15.9 Å². The molecule has 1 heterocycles. The van der Waals surface area contributed by atoms with Crippen molar-refractivity contribution in [3.63, 3.8) is 0 Å². The van der Waals surface area contributed by atoms with Crippen molar-refractivity contribution in [3.05, 3.63) is 58.9 Å². The number of sulfonamides is 1. The molecule has 2 fully saturated rings. The summed E-state index contributed by atoms with van der Waals surface area (Å²) in [6.07, 6.45) is 4.63. The second-order valence-corrected chi connectivity index (χ2v) is 11.7. The van der Waals surface area contributed by atoms with Gasteiger partial charge in [-0.1, -0.05) is 37.0 Å². The molecule has 190 valence electrons. The third kappa shape index (κ3) is 5.70. The van der Waals surface area contributed by atoms with Crippen molar-refractivity contribution in [2.24, 2.45) is 0 Å². The summed E-state index contributed by atoms with van der Waals surface area (Å²) >= 11 is 0. The molecule has 1 saturated heterocycles. The third-order valence-corrected chi connectivity index (χ3v) is 9.47. The van der Waals surface area contributed by atoms with Gasteiger partial charge >= 0.3 is 0 Å². The Labute approximate surface area is 208 Å². The predicted octanol–water partition coefficient (Wildman–Crippen LogP) is 4.42. The van der Waals surface area contributed by atoms with Crippen molar-refractivity contribution in [1.82, 2.24) is 9.21 Å². The zero-order valence-corrected chi connectivity index (χ0v) is 21.8. The van der Waals surface area contributed by atoms with Gasteiger partial charge in [-0.2, -0.15) is 4.31 Å². The lowest BCUT2D eigenvalue weighted by Gasteiger charge is -2.38. The number of anilines is 1. The third-order valence-electron chi connectivity index (χ3n) is 7.27. The van der Waals surface area contributed by atoms with E-state index in [2.05, 4.69) is 4.90 Å². The highest BCUT2D eigenvalue weighted by Gasteiger charge is 2.37. The average molecular weight is 502 g/mol. The van der Waals surface area contributed by atoms with Crippen molar-refractivity contribution in [2.45, 2.75) is 63.8 Å². The first-order valence-corrected chi connectivity index (χ1v) is 14.0. The number of nitrogens with zero attached hydrogens (tertiary/aromatic N) is 3. The number of rotatable bonds is 6. The van der Waals surface area contributed by atoms with Crippen LogP contribution < -0.4 is 4.90 Å². The molecule has 0 unspecified atom stereocenters. The Morgan fingerprint density at radius 1 is 0.943 bits per heavy atom. The Balaban J connectivity index is 1.52. The maximum Gasteiger partial charge on any atom is 0.244 e. The molecular weight excluding hydrogens is 465 g/mol. The largest absolute Gasteiger partial charge is 0.368 e. The highest BCUT2D eigenvalue weighted by atomic mass is 32.2. The zero-order valence-electron chi connectivity index (χ0n) is 21.0. The van der Waals surface area contributed by atoms with E-state index >= 15 is 0 Å². The van der Waals surface area contributed by atoms with Gasteiger partial charge in [0, 0.05) is 37.9 Å². The van der Waals surface area contributed by atoms with Gasteiger partial charge in [0.1, 0.15) is 5.82 Å². The molecule has 2 aromatic carbocycles. The summed E-state index contributed by atoms with van der Waals surface area (Å²) in [6.45, 7) is 7.79. The number of carbonyl (C=O) groups is 1. The van der Waals surface area contributed by atoms with Gasteiger partial charge < -0.3 is 9.80 Å². The van der Waals surface area contributed by atoms with Crippen LogP contribution in [0.15, 0.2) is 41.3 Å². The summed E-state index contributed by atoms with van der Waals surface area (Å²) in [5.41, 5.74) is 3.40. The molecule has 0 spiro atoms. The van der Waals surface area contributed by atoms with Gasteiger partial charge in [-0.05, 0) is 69.0 Å². The first-order valence-electron chi connectivity index (χ1n) is 12.5. The van der Waals surface area contributed by atoms with Crippen molar-refractivity contribution < 1.29 is 17.6 Å². The summed E-state index contributed by atoms with van der Waals surface area (Å²) < 4.78 is 42.7. The molecule has 0 atom stereocenters. The number of hydrogen-bond acceptors (Lipinski definition) is 4. The second kappa shape index (κ2) is 10.7. The van der Waals surface area contributed by atoms with Gasteiger partial charge in [0.25, 0.3) is 0 Å². The topological polar surface area (TPSA) is 60.9 Å². The van der Waals surface area contributed by atoms with E-state index < -0.39 is 10.0 Å². The van der Waals surface area contributed by atoms with E-state index in [1.165, 1.54) is 16.4 Å². The maximum absolute atomic E-state index is 14.0. The van der Waals surface area contributed by atoms with Gasteiger partial charge in [-0.3, -0.25) is 4.79 Å². The molecule has 0 radical (unpaired) electrons. The van der Waals surface area contributed by atoms with Crippen LogP contribution in [0.25, 0.3) is 0 Å². The van der Waals surface area contributed by atoms with Crippen LogP contribution in [-0.4, -0.2) is 62.3 Å². The fourth-order valence-electron chi connectivity index (χ4n) is 5.57. The molecule has 0 N–H and O–H groups in total. The Morgan fingerprint density at radius 3 is 2.09 bits per heavy atom. The maximum atomic E-state index is 14.0. The Bertz CT molecular complexity index is 1130. The fourth-order valence-corrected chi connectivity index (χ4v) is 7.62. The smallest absolute Gasteiger partial charge is 0.244 e. The average Bonchev–Trinajstić information content (AvgIpc) is 2.82. The number of amides is 1. The highest BCUT2D eigenvalue weighted by Crippen LogP contribution is 2.31. The highest BCUT2D eigenvalue weighted by molar-refractivity contribution is 7.89. The minimum atomic E-state index is -3.83. The van der Waals surface area contributed by atoms with Crippen molar-refractivity contribution in [3.8, 4) is 0 Å². The quantitative estimate of drug-likeness (QED) is 0.588. The van der Waals surface area contributed by atoms with Crippen molar-refractivity contribution in [2.75, 3.05) is 37.6 Å². The van der Waals surface area contributed by atoms with Crippen LogP contribution in [-0.2, 0) is 14.8 Å². The minimum absolute atomic E-state index is 0.129. The molecule has 1 saturated carbocycles. The van der Waals surface area contributed by atoms with Crippen LogP contribution in [0.5, 0.6) is 0 Å². The van der Waals surface area contributed by atoms with E-state index in [0.29, 0.717) is 31.1 Å². The minimum Gasteiger partial charge on any atom is -0.368 e. The monoisotopic (exact) mass is 501 g/mol. The zero-order chi connectivity index (χ0) is 25.2. The second-order valence-electron chi connectivity index (χ2n) is 9.91. The fraction of sp³-hybridized carbons (Fsp3) is 0.519. The lowest BCUT2D eigenvalue weighted by atomic mass is 9.95. The molecule has 4 rings (SSSR count). The normalized spacial score (nSPS) is 17.7. The Kier molecular flexibility index (Phi) is 7.81. The molecule has 8 heteroatoms. The van der Waals surface area contributed by atoms with Crippen LogP contribution >= 0.6 is 0 Å². The molecule has 35 heavy (non-hydrogen) atoms. The summed E-state index contributed by atoms with van der Waals surface area (Å²) in [7, 11) is -3.83. The van der Waals surface area contributed by atoms with Gasteiger partial charge in [-0.15, -0.1) is 0 Å². The number of carbonyl (C=O) groups excluding carboxylic acids is 1. The van der Waals surface area contributed by atoms with E-state index in [1.54, 1.807) is 17.0 Å². The van der Waals surface area contributed by atoms with Crippen LogP contribution in [0.4, 0.5) is 10.1 Å². The standard InChI is InChI=1S/C27H36FN3O3S/c1-20-17-21(2)27(22(3)18-20)35(33,34)31(25-7-5-4-6-8-25)19-26(32)30-15-13-29(14-16-30)24-11-9-23(28)10-12-24/h9-12,17-18,25H,4-8,13-16,19H2,1-3H3. The first-order chi connectivity index (χ1) is 16.7. The molecule has 2 aliphatic rings. The van der Waals surface area contributed by atoms with E-state index in [9.17, 15) is 17.6 Å². The Morgan fingerprint density at radius 2 is 1.51 bits per heavy atom. The predicted molar refractivity (Wildman–Crippen MR) is 137 cm³/mol. The molecular formula is C27H36FN3O3S. The van der Waals surface area contributed by atoms with E-state index in [1.807, 2.05) is 32.9 Å². The van der Waals surface area contributed by atoms with Crippen LogP contribution in [0.3, 0.4) is 0 Å². The summed E-state index contributed by atoms with van der Waals surface area (Å²) in [4.78, 5) is 17.6. The summed E-state index contributed by atoms with van der Waals surface area (Å²) in [5.74, 6) is -0.425. The van der Waals surface area contributed by atoms with Gasteiger partial charge in [0.15, 0.2) is 0 Å². The van der Waals surface area contributed by atoms with E-state index in [-0.39, 0.29) is 24.3 Å². The number of halogens is 1. The van der Waals surface area contributed by atoms with Crippen LogP contribution in [0.2, 0.25) is 0 Å². The molecule has 0 bridgehead atoms. The molecule has 1 aliphatic heterocycles. The van der Waals surface area contributed by atoms with Gasteiger partial charge in [0.05, 0.1) is 11.4 Å². The molecule has 1 aliphatic carbocycles.